The smallest absolute Gasteiger partial charge is 0.132 e. The number of aryl methyl sites for hydroxylation is 1. The van der Waals surface area contributed by atoms with Gasteiger partial charge in [-0.1, -0.05) is 0 Å². The van der Waals surface area contributed by atoms with Gasteiger partial charge in [-0.05, 0) is 23.9 Å². The molecule has 0 saturated carbocycles. The standard InChI is InChI=1S/C15H18O4S/c1-9-5-10(8-20-9)15(16)14-12(18-3)6-11(17-2)7-13(14)19-4/h5-8,15-16H,1-4H3. The minimum absolute atomic E-state index is 0.539. The lowest BCUT2D eigenvalue weighted by atomic mass is 10.0. The molecule has 1 aromatic carbocycles. The van der Waals surface area contributed by atoms with Crippen LogP contribution in [0, 0.1) is 6.92 Å². The molecule has 1 heterocycles. The Kier molecular flexibility index (Phi) is 4.52. The molecule has 2 aromatic rings. The van der Waals surface area contributed by atoms with Gasteiger partial charge in [0, 0.05) is 17.0 Å². The van der Waals surface area contributed by atoms with Crippen LogP contribution >= 0.6 is 11.3 Å². The number of rotatable bonds is 5. The average Bonchev–Trinajstić information content (AvgIpc) is 2.91. The van der Waals surface area contributed by atoms with Crippen molar-refractivity contribution in [2.75, 3.05) is 21.3 Å². The van der Waals surface area contributed by atoms with Gasteiger partial charge in [0.2, 0.25) is 0 Å². The van der Waals surface area contributed by atoms with E-state index >= 15 is 0 Å². The summed E-state index contributed by atoms with van der Waals surface area (Å²) in [6, 6.07) is 5.43. The summed E-state index contributed by atoms with van der Waals surface area (Å²) < 4.78 is 15.9. The molecule has 0 amide bonds. The van der Waals surface area contributed by atoms with Gasteiger partial charge < -0.3 is 19.3 Å². The summed E-state index contributed by atoms with van der Waals surface area (Å²) in [7, 11) is 4.69. The number of aliphatic hydroxyl groups excluding tert-OH is 1. The van der Waals surface area contributed by atoms with Gasteiger partial charge in [-0.2, -0.15) is 0 Å². The van der Waals surface area contributed by atoms with E-state index in [9.17, 15) is 5.11 Å². The highest BCUT2D eigenvalue weighted by atomic mass is 32.1. The van der Waals surface area contributed by atoms with Crippen LogP contribution in [0.3, 0.4) is 0 Å². The second-order valence-electron chi connectivity index (χ2n) is 4.34. The predicted octanol–water partition coefficient (Wildman–Crippen LogP) is 3.16. The highest BCUT2D eigenvalue weighted by Crippen LogP contribution is 2.41. The fourth-order valence-electron chi connectivity index (χ4n) is 2.08. The van der Waals surface area contributed by atoms with Crippen molar-refractivity contribution in [2.24, 2.45) is 0 Å². The molecule has 5 heteroatoms. The fourth-order valence-corrected chi connectivity index (χ4v) is 2.80. The number of hydrogen-bond donors (Lipinski definition) is 1. The molecule has 1 unspecified atom stereocenters. The van der Waals surface area contributed by atoms with E-state index in [1.165, 1.54) is 0 Å². The van der Waals surface area contributed by atoms with Crippen molar-refractivity contribution < 1.29 is 19.3 Å². The van der Waals surface area contributed by atoms with Crippen LogP contribution in [-0.2, 0) is 0 Å². The van der Waals surface area contributed by atoms with Gasteiger partial charge >= 0.3 is 0 Å². The average molecular weight is 294 g/mol. The molecule has 1 N–H and O–H groups in total. The van der Waals surface area contributed by atoms with Gasteiger partial charge in [-0.15, -0.1) is 11.3 Å². The summed E-state index contributed by atoms with van der Waals surface area (Å²) in [4.78, 5) is 1.14. The Morgan fingerprint density at radius 3 is 2.00 bits per heavy atom. The summed E-state index contributed by atoms with van der Waals surface area (Å²) in [5.41, 5.74) is 1.43. The Morgan fingerprint density at radius 1 is 1.00 bits per heavy atom. The minimum Gasteiger partial charge on any atom is -0.496 e. The van der Waals surface area contributed by atoms with Gasteiger partial charge in [0.25, 0.3) is 0 Å². The lowest BCUT2D eigenvalue weighted by Gasteiger charge is -2.18. The van der Waals surface area contributed by atoms with E-state index < -0.39 is 6.10 Å². The van der Waals surface area contributed by atoms with E-state index in [0.29, 0.717) is 22.8 Å². The Bertz CT molecular complexity index is 566. The Balaban J connectivity index is 2.53. The van der Waals surface area contributed by atoms with Crippen LogP contribution < -0.4 is 14.2 Å². The third kappa shape index (κ3) is 2.73. The number of aliphatic hydroxyl groups is 1. The molecule has 4 nitrogen and oxygen atoms in total. The number of methoxy groups -OCH3 is 3. The van der Waals surface area contributed by atoms with Crippen molar-refractivity contribution in [1.29, 1.82) is 0 Å². The number of thiophene rings is 1. The third-order valence-corrected chi connectivity index (χ3v) is 3.97. The second kappa shape index (κ2) is 6.15. The quantitative estimate of drug-likeness (QED) is 0.920. The fraction of sp³-hybridized carbons (Fsp3) is 0.333. The monoisotopic (exact) mass is 294 g/mol. The second-order valence-corrected chi connectivity index (χ2v) is 5.45. The van der Waals surface area contributed by atoms with Crippen molar-refractivity contribution >= 4 is 11.3 Å². The molecule has 0 aliphatic carbocycles. The molecule has 0 aliphatic heterocycles. The number of benzene rings is 1. The van der Waals surface area contributed by atoms with Crippen molar-refractivity contribution in [3.63, 3.8) is 0 Å². The van der Waals surface area contributed by atoms with Gasteiger partial charge in [-0.3, -0.25) is 0 Å². The van der Waals surface area contributed by atoms with Crippen LogP contribution in [0.1, 0.15) is 22.1 Å². The molecule has 0 saturated heterocycles. The van der Waals surface area contributed by atoms with Crippen LogP contribution in [0.4, 0.5) is 0 Å². The Hall–Kier alpha value is -1.72. The molecular weight excluding hydrogens is 276 g/mol. The predicted molar refractivity (Wildman–Crippen MR) is 79.2 cm³/mol. The van der Waals surface area contributed by atoms with Crippen molar-refractivity contribution in [1.82, 2.24) is 0 Å². The highest BCUT2D eigenvalue weighted by molar-refractivity contribution is 7.10. The molecule has 0 aliphatic rings. The first kappa shape index (κ1) is 14.7. The zero-order valence-electron chi connectivity index (χ0n) is 12.0. The van der Waals surface area contributed by atoms with E-state index in [1.807, 2.05) is 18.4 Å². The van der Waals surface area contributed by atoms with E-state index in [0.717, 1.165) is 10.4 Å². The van der Waals surface area contributed by atoms with Gasteiger partial charge in [0.15, 0.2) is 0 Å². The molecule has 20 heavy (non-hydrogen) atoms. The van der Waals surface area contributed by atoms with E-state index in [2.05, 4.69) is 0 Å². The van der Waals surface area contributed by atoms with Gasteiger partial charge in [-0.25, -0.2) is 0 Å². The third-order valence-electron chi connectivity index (χ3n) is 3.09. The van der Waals surface area contributed by atoms with Crippen molar-refractivity contribution in [3.05, 3.63) is 39.6 Å². The molecule has 0 bridgehead atoms. The van der Waals surface area contributed by atoms with Crippen LogP contribution in [0.5, 0.6) is 17.2 Å². The van der Waals surface area contributed by atoms with Crippen LogP contribution in [-0.4, -0.2) is 26.4 Å². The summed E-state index contributed by atoms with van der Waals surface area (Å²) >= 11 is 1.60. The Morgan fingerprint density at radius 2 is 1.60 bits per heavy atom. The maximum atomic E-state index is 10.6. The molecule has 0 fully saturated rings. The summed E-state index contributed by atoms with van der Waals surface area (Å²) in [6.07, 6.45) is -0.796. The van der Waals surface area contributed by atoms with E-state index in [4.69, 9.17) is 14.2 Å². The first-order chi connectivity index (χ1) is 9.60. The van der Waals surface area contributed by atoms with Crippen LogP contribution in [0.2, 0.25) is 0 Å². The minimum atomic E-state index is -0.796. The number of hydrogen-bond acceptors (Lipinski definition) is 5. The maximum absolute atomic E-state index is 10.6. The Labute approximate surface area is 122 Å². The number of ether oxygens (including phenoxy) is 3. The zero-order chi connectivity index (χ0) is 14.7. The first-order valence-corrected chi connectivity index (χ1v) is 7.01. The maximum Gasteiger partial charge on any atom is 0.132 e. The molecule has 0 spiro atoms. The van der Waals surface area contributed by atoms with Gasteiger partial charge in [0.1, 0.15) is 23.4 Å². The summed E-state index contributed by atoms with van der Waals surface area (Å²) in [5.74, 6) is 1.70. The highest BCUT2D eigenvalue weighted by Gasteiger charge is 2.22. The van der Waals surface area contributed by atoms with E-state index in [1.54, 1.807) is 44.8 Å². The van der Waals surface area contributed by atoms with Crippen molar-refractivity contribution in [2.45, 2.75) is 13.0 Å². The normalized spacial score (nSPS) is 12.1. The van der Waals surface area contributed by atoms with Crippen LogP contribution in [0.25, 0.3) is 0 Å². The molecule has 1 aromatic heterocycles. The van der Waals surface area contributed by atoms with E-state index in [-0.39, 0.29) is 0 Å². The largest absolute Gasteiger partial charge is 0.496 e. The van der Waals surface area contributed by atoms with Crippen molar-refractivity contribution in [3.8, 4) is 17.2 Å². The molecule has 108 valence electrons. The van der Waals surface area contributed by atoms with Gasteiger partial charge in [0.05, 0.1) is 26.9 Å². The topological polar surface area (TPSA) is 47.9 Å². The summed E-state index contributed by atoms with van der Waals surface area (Å²) in [6.45, 7) is 2.00. The summed E-state index contributed by atoms with van der Waals surface area (Å²) in [5, 5.41) is 12.5. The SMILES string of the molecule is COc1cc(OC)c(C(O)c2csc(C)c2)c(OC)c1. The molecular formula is C15H18O4S. The van der Waals surface area contributed by atoms with Crippen LogP contribution in [0.15, 0.2) is 23.6 Å². The first-order valence-electron chi connectivity index (χ1n) is 6.13. The molecule has 2 rings (SSSR count). The lowest BCUT2D eigenvalue weighted by molar-refractivity contribution is 0.209. The molecule has 1 atom stereocenters. The lowest BCUT2D eigenvalue weighted by Crippen LogP contribution is -2.05. The molecule has 0 radical (unpaired) electrons. The zero-order valence-corrected chi connectivity index (χ0v) is 12.8.